The van der Waals surface area contributed by atoms with Crippen molar-refractivity contribution in [3.8, 4) is 0 Å². The van der Waals surface area contributed by atoms with Gasteiger partial charge in [0.05, 0.1) is 0 Å². The first-order valence-corrected chi connectivity index (χ1v) is 4.96. The Morgan fingerprint density at radius 2 is 2.00 bits per heavy atom. The van der Waals surface area contributed by atoms with Gasteiger partial charge in [0.1, 0.15) is 16.4 Å². The maximum atomic E-state index is 11.3. The zero-order valence-electron chi connectivity index (χ0n) is 7.21. The molecule has 68 valence electrons. The second kappa shape index (κ2) is 2.91. The summed E-state index contributed by atoms with van der Waals surface area (Å²) in [7, 11) is -1.98. The molecule has 0 atom stereocenters. The molecule has 0 saturated heterocycles. The summed E-state index contributed by atoms with van der Waals surface area (Å²) < 4.78 is 29.8. The first-order chi connectivity index (χ1) is 5.47. The van der Waals surface area contributed by atoms with Crippen molar-refractivity contribution in [3.05, 3.63) is 17.6 Å². The van der Waals surface area contributed by atoms with Gasteiger partial charge in [-0.05, 0) is 27.0 Å². The molecule has 12 heavy (non-hydrogen) atoms. The van der Waals surface area contributed by atoms with Crippen molar-refractivity contribution in [2.75, 3.05) is 7.05 Å². The first kappa shape index (κ1) is 9.28. The summed E-state index contributed by atoms with van der Waals surface area (Å²) in [5.74, 6) is 1.02. The monoisotopic (exact) mass is 189 g/mol. The molecule has 1 heterocycles. The van der Waals surface area contributed by atoms with Gasteiger partial charge in [0.15, 0.2) is 0 Å². The van der Waals surface area contributed by atoms with Gasteiger partial charge in [0.2, 0.25) is 10.0 Å². The maximum Gasteiger partial charge on any atom is 0.243 e. The van der Waals surface area contributed by atoms with Crippen LogP contribution in [-0.2, 0) is 10.0 Å². The SMILES string of the molecule is CNS(=O)(=O)c1cc(C)oc1C. The molecule has 0 spiro atoms. The first-order valence-electron chi connectivity index (χ1n) is 3.48. The van der Waals surface area contributed by atoms with E-state index in [4.69, 9.17) is 4.42 Å². The van der Waals surface area contributed by atoms with E-state index >= 15 is 0 Å². The Labute approximate surface area is 71.6 Å². The van der Waals surface area contributed by atoms with E-state index in [1.165, 1.54) is 13.1 Å². The molecule has 0 saturated carbocycles. The number of nitrogens with one attached hydrogen (secondary N) is 1. The van der Waals surface area contributed by atoms with E-state index in [1.807, 2.05) is 0 Å². The van der Waals surface area contributed by atoms with Crippen molar-refractivity contribution in [2.45, 2.75) is 18.7 Å². The summed E-state index contributed by atoms with van der Waals surface area (Å²) in [4.78, 5) is 0.211. The van der Waals surface area contributed by atoms with Crippen molar-refractivity contribution in [1.29, 1.82) is 0 Å². The van der Waals surface area contributed by atoms with Gasteiger partial charge in [-0.1, -0.05) is 0 Å². The van der Waals surface area contributed by atoms with Gasteiger partial charge < -0.3 is 4.42 Å². The predicted octanol–water partition coefficient (Wildman–Crippen LogP) is 0.805. The molecular weight excluding hydrogens is 178 g/mol. The lowest BCUT2D eigenvalue weighted by molar-refractivity contribution is 0.496. The molecule has 5 heteroatoms. The van der Waals surface area contributed by atoms with E-state index in [2.05, 4.69) is 4.72 Å². The minimum atomic E-state index is -3.35. The van der Waals surface area contributed by atoms with E-state index in [0.717, 1.165) is 0 Å². The average molecular weight is 189 g/mol. The molecule has 1 aromatic rings. The van der Waals surface area contributed by atoms with Crippen LogP contribution in [0.4, 0.5) is 0 Å². The minimum Gasteiger partial charge on any atom is -0.465 e. The fourth-order valence-electron chi connectivity index (χ4n) is 0.984. The smallest absolute Gasteiger partial charge is 0.243 e. The molecule has 1 N–H and O–H groups in total. The van der Waals surface area contributed by atoms with Crippen LogP contribution in [-0.4, -0.2) is 15.5 Å². The van der Waals surface area contributed by atoms with Crippen molar-refractivity contribution < 1.29 is 12.8 Å². The molecule has 0 amide bonds. The number of rotatable bonds is 2. The van der Waals surface area contributed by atoms with Gasteiger partial charge in [0, 0.05) is 0 Å². The predicted molar refractivity (Wildman–Crippen MR) is 44.4 cm³/mol. The molecule has 4 nitrogen and oxygen atoms in total. The van der Waals surface area contributed by atoms with Crippen LogP contribution in [0.2, 0.25) is 0 Å². The van der Waals surface area contributed by atoms with Crippen molar-refractivity contribution in [3.63, 3.8) is 0 Å². The van der Waals surface area contributed by atoms with Crippen LogP contribution in [0.3, 0.4) is 0 Å². The summed E-state index contributed by atoms with van der Waals surface area (Å²) in [6.07, 6.45) is 0. The quantitative estimate of drug-likeness (QED) is 0.748. The van der Waals surface area contributed by atoms with Crippen molar-refractivity contribution >= 4 is 10.0 Å². The number of hydrogen-bond acceptors (Lipinski definition) is 3. The van der Waals surface area contributed by atoms with Crippen molar-refractivity contribution in [2.24, 2.45) is 0 Å². The molecular formula is C7H11NO3S. The highest BCUT2D eigenvalue weighted by atomic mass is 32.2. The van der Waals surface area contributed by atoms with Crippen LogP contribution in [0.5, 0.6) is 0 Å². The standard InChI is InChI=1S/C7H11NO3S/c1-5-4-7(6(2)11-5)12(9,10)8-3/h4,8H,1-3H3. The fourth-order valence-corrected chi connectivity index (χ4v) is 1.95. The molecule has 0 radical (unpaired) electrons. The lowest BCUT2D eigenvalue weighted by Crippen LogP contribution is -2.18. The highest BCUT2D eigenvalue weighted by Crippen LogP contribution is 2.18. The molecule has 0 aliphatic heterocycles. The largest absolute Gasteiger partial charge is 0.465 e. The van der Waals surface area contributed by atoms with E-state index in [9.17, 15) is 8.42 Å². The van der Waals surface area contributed by atoms with E-state index < -0.39 is 10.0 Å². The Morgan fingerprint density at radius 3 is 2.33 bits per heavy atom. The summed E-state index contributed by atoms with van der Waals surface area (Å²) in [5.41, 5.74) is 0. The summed E-state index contributed by atoms with van der Waals surface area (Å²) in [6, 6.07) is 1.50. The minimum absolute atomic E-state index is 0.211. The Balaban J connectivity index is 3.29. The Kier molecular flexibility index (Phi) is 2.25. The van der Waals surface area contributed by atoms with Gasteiger partial charge in [-0.3, -0.25) is 0 Å². The molecule has 0 unspecified atom stereocenters. The Bertz CT molecular complexity index is 377. The summed E-state index contributed by atoms with van der Waals surface area (Å²) in [6.45, 7) is 3.33. The van der Waals surface area contributed by atoms with E-state index in [0.29, 0.717) is 11.5 Å². The number of hydrogen-bond donors (Lipinski definition) is 1. The molecule has 0 aliphatic rings. The second-order valence-corrected chi connectivity index (χ2v) is 4.34. The van der Waals surface area contributed by atoms with E-state index in [-0.39, 0.29) is 4.90 Å². The molecule has 0 aromatic carbocycles. The summed E-state index contributed by atoms with van der Waals surface area (Å²) >= 11 is 0. The van der Waals surface area contributed by atoms with Gasteiger partial charge in [0.25, 0.3) is 0 Å². The van der Waals surface area contributed by atoms with Crippen LogP contribution in [0.25, 0.3) is 0 Å². The highest BCUT2D eigenvalue weighted by molar-refractivity contribution is 7.89. The zero-order chi connectivity index (χ0) is 9.35. The van der Waals surface area contributed by atoms with Crippen LogP contribution in [0, 0.1) is 13.8 Å². The molecule has 1 aromatic heterocycles. The Hall–Kier alpha value is -0.810. The van der Waals surface area contributed by atoms with Gasteiger partial charge >= 0.3 is 0 Å². The number of aryl methyl sites for hydroxylation is 2. The van der Waals surface area contributed by atoms with Gasteiger partial charge in [-0.25, -0.2) is 13.1 Å². The van der Waals surface area contributed by atoms with Gasteiger partial charge in [-0.15, -0.1) is 0 Å². The maximum absolute atomic E-state index is 11.3. The molecule has 0 fully saturated rings. The highest BCUT2D eigenvalue weighted by Gasteiger charge is 2.17. The Morgan fingerprint density at radius 1 is 1.42 bits per heavy atom. The van der Waals surface area contributed by atoms with Crippen molar-refractivity contribution in [1.82, 2.24) is 4.72 Å². The molecule has 0 bridgehead atoms. The molecule has 0 aliphatic carbocycles. The molecule has 1 rings (SSSR count). The van der Waals surface area contributed by atoms with Gasteiger partial charge in [-0.2, -0.15) is 0 Å². The third-order valence-electron chi connectivity index (χ3n) is 1.55. The lowest BCUT2D eigenvalue weighted by Gasteiger charge is -1.97. The fraction of sp³-hybridized carbons (Fsp3) is 0.429. The third-order valence-corrected chi connectivity index (χ3v) is 3.08. The van der Waals surface area contributed by atoms with E-state index in [1.54, 1.807) is 13.8 Å². The number of sulfonamides is 1. The second-order valence-electron chi connectivity index (χ2n) is 2.49. The third kappa shape index (κ3) is 1.51. The van der Waals surface area contributed by atoms with Crippen LogP contribution in [0.15, 0.2) is 15.4 Å². The van der Waals surface area contributed by atoms with Crippen LogP contribution in [0.1, 0.15) is 11.5 Å². The van der Waals surface area contributed by atoms with Crippen LogP contribution >= 0.6 is 0 Å². The summed E-state index contributed by atoms with van der Waals surface area (Å²) in [5, 5.41) is 0. The topological polar surface area (TPSA) is 59.3 Å². The zero-order valence-corrected chi connectivity index (χ0v) is 8.03. The van der Waals surface area contributed by atoms with Crippen LogP contribution < -0.4 is 4.72 Å². The normalized spacial score (nSPS) is 11.9. The average Bonchev–Trinajstić information content (AvgIpc) is 2.31. The lowest BCUT2D eigenvalue weighted by atomic mass is 10.4. The number of furan rings is 1.